The van der Waals surface area contributed by atoms with Crippen molar-refractivity contribution in [3.63, 3.8) is 0 Å². The molecule has 0 aliphatic heterocycles. The summed E-state index contributed by atoms with van der Waals surface area (Å²) in [5, 5.41) is 13.7. The maximum atomic E-state index is 11.3. The van der Waals surface area contributed by atoms with E-state index in [2.05, 4.69) is 5.32 Å². The molecule has 1 aromatic rings. The second-order valence-corrected chi connectivity index (χ2v) is 6.68. The van der Waals surface area contributed by atoms with Crippen LogP contribution in [0.25, 0.3) is 0 Å². The smallest absolute Gasteiger partial charge is 0.273 e. The first kappa shape index (κ1) is 16.4. The summed E-state index contributed by atoms with van der Waals surface area (Å²) in [7, 11) is -1.57. The zero-order valence-electron chi connectivity index (χ0n) is 11.5. The second-order valence-electron chi connectivity index (χ2n) is 4.21. The van der Waals surface area contributed by atoms with Crippen LogP contribution in [0.5, 0.6) is 5.75 Å². The predicted octanol–water partition coefficient (Wildman–Crippen LogP) is 1.13. The molecular weight excluding hydrogens is 284 g/mol. The van der Waals surface area contributed by atoms with E-state index in [1.54, 1.807) is 13.0 Å². The number of rotatable bonds is 8. The number of hydrogen-bond acceptors (Lipinski definition) is 6. The first-order chi connectivity index (χ1) is 9.38. The van der Waals surface area contributed by atoms with E-state index in [0.29, 0.717) is 24.4 Å². The number of hydrogen-bond donors (Lipinski definition) is 1. The minimum absolute atomic E-state index is 0.0512. The Kier molecular flexibility index (Phi) is 5.90. The molecule has 0 unspecified atom stereocenters. The molecule has 0 fully saturated rings. The van der Waals surface area contributed by atoms with Crippen LogP contribution >= 0.6 is 0 Å². The third-order valence-electron chi connectivity index (χ3n) is 2.76. The fraction of sp³-hybridized carbons (Fsp3) is 0.500. The normalized spacial score (nSPS) is 11.3. The Hall–Kier alpha value is -1.67. The number of ether oxygens (including phenoxy) is 1. The lowest BCUT2D eigenvalue weighted by Gasteiger charge is -2.07. The van der Waals surface area contributed by atoms with Crippen molar-refractivity contribution in [1.82, 2.24) is 5.32 Å². The Labute approximate surface area is 118 Å². The average Bonchev–Trinajstić information content (AvgIpc) is 2.43. The van der Waals surface area contributed by atoms with Crippen LogP contribution in [0.2, 0.25) is 0 Å². The highest BCUT2D eigenvalue weighted by atomic mass is 32.2. The molecule has 0 heterocycles. The van der Waals surface area contributed by atoms with Crippen LogP contribution in [0.3, 0.4) is 0 Å². The van der Waals surface area contributed by atoms with Crippen molar-refractivity contribution >= 4 is 15.5 Å². The number of non-ortho nitro benzene ring substituents is 1. The Morgan fingerprint density at radius 3 is 2.60 bits per heavy atom. The van der Waals surface area contributed by atoms with E-state index in [-0.39, 0.29) is 17.2 Å². The molecule has 20 heavy (non-hydrogen) atoms. The highest BCUT2D eigenvalue weighted by Crippen LogP contribution is 2.22. The maximum Gasteiger partial charge on any atom is 0.273 e. The molecule has 0 saturated heterocycles. The van der Waals surface area contributed by atoms with Gasteiger partial charge in [-0.1, -0.05) is 6.92 Å². The van der Waals surface area contributed by atoms with E-state index in [1.807, 2.05) is 0 Å². The van der Waals surface area contributed by atoms with E-state index in [0.717, 1.165) is 0 Å². The van der Waals surface area contributed by atoms with Gasteiger partial charge in [-0.05, 0) is 11.6 Å². The predicted molar refractivity (Wildman–Crippen MR) is 75.7 cm³/mol. The molecule has 1 N–H and O–H groups in total. The lowest BCUT2D eigenvalue weighted by Crippen LogP contribution is -2.23. The van der Waals surface area contributed by atoms with Crippen molar-refractivity contribution in [2.75, 3.05) is 25.2 Å². The van der Waals surface area contributed by atoms with Gasteiger partial charge in [0.15, 0.2) is 9.84 Å². The van der Waals surface area contributed by atoms with Crippen molar-refractivity contribution in [3.8, 4) is 5.75 Å². The zero-order valence-corrected chi connectivity index (χ0v) is 12.3. The molecule has 112 valence electrons. The van der Waals surface area contributed by atoms with Crippen LogP contribution in [0, 0.1) is 10.1 Å². The summed E-state index contributed by atoms with van der Waals surface area (Å²) in [5.41, 5.74) is 0.618. The highest BCUT2D eigenvalue weighted by Gasteiger charge is 2.11. The summed E-state index contributed by atoms with van der Waals surface area (Å²) in [6, 6.07) is 4.45. The Morgan fingerprint density at radius 2 is 2.05 bits per heavy atom. The molecule has 1 aromatic carbocycles. The summed E-state index contributed by atoms with van der Waals surface area (Å²) in [5.74, 6) is 0.562. The molecule has 7 nitrogen and oxygen atoms in total. The van der Waals surface area contributed by atoms with Gasteiger partial charge in [0.05, 0.1) is 23.9 Å². The summed E-state index contributed by atoms with van der Waals surface area (Å²) < 4.78 is 27.6. The van der Waals surface area contributed by atoms with Crippen molar-refractivity contribution < 1.29 is 18.1 Å². The molecule has 0 amide bonds. The average molecular weight is 302 g/mol. The summed E-state index contributed by atoms with van der Waals surface area (Å²) in [6.45, 7) is 2.25. The number of nitrogens with zero attached hydrogens (tertiary/aromatic N) is 1. The summed E-state index contributed by atoms with van der Waals surface area (Å²) in [4.78, 5) is 10.3. The molecule has 1 rings (SSSR count). The molecule has 0 aromatic heterocycles. The van der Waals surface area contributed by atoms with Gasteiger partial charge in [0, 0.05) is 24.9 Å². The van der Waals surface area contributed by atoms with Gasteiger partial charge in [0.1, 0.15) is 5.75 Å². The lowest BCUT2D eigenvalue weighted by atomic mass is 10.2. The molecule has 0 saturated carbocycles. The first-order valence-corrected chi connectivity index (χ1v) is 7.93. The van der Waals surface area contributed by atoms with Crippen molar-refractivity contribution in [3.05, 3.63) is 33.9 Å². The number of nitrogens with one attached hydrogen (secondary N) is 1. The Balaban J connectivity index is 2.64. The summed E-state index contributed by atoms with van der Waals surface area (Å²) in [6.07, 6.45) is 0. The lowest BCUT2D eigenvalue weighted by molar-refractivity contribution is -0.385. The number of sulfone groups is 1. The van der Waals surface area contributed by atoms with E-state index >= 15 is 0 Å². The second kappa shape index (κ2) is 7.20. The fourth-order valence-corrected chi connectivity index (χ4v) is 2.32. The van der Waals surface area contributed by atoms with Gasteiger partial charge in [-0.15, -0.1) is 0 Å². The van der Waals surface area contributed by atoms with Gasteiger partial charge >= 0.3 is 0 Å². The largest absolute Gasteiger partial charge is 0.496 e. The molecule has 8 heteroatoms. The summed E-state index contributed by atoms with van der Waals surface area (Å²) >= 11 is 0. The van der Waals surface area contributed by atoms with Crippen LogP contribution < -0.4 is 10.1 Å². The standard InChI is InChI=1S/C12H18N2O5S/c1-3-20(17,18)5-4-13-9-10-6-11(14(15)16)8-12(7-10)19-2/h6-8,13H,3-5,9H2,1-2H3. The van der Waals surface area contributed by atoms with Crippen molar-refractivity contribution in [2.45, 2.75) is 13.5 Å². The molecule has 0 aliphatic carbocycles. The molecule has 0 radical (unpaired) electrons. The SMILES string of the molecule is CCS(=O)(=O)CCNCc1cc(OC)cc([N+](=O)[O-])c1. The van der Waals surface area contributed by atoms with Crippen LogP contribution in [-0.4, -0.2) is 38.5 Å². The highest BCUT2D eigenvalue weighted by molar-refractivity contribution is 7.91. The van der Waals surface area contributed by atoms with Crippen LogP contribution in [0.15, 0.2) is 18.2 Å². The van der Waals surface area contributed by atoms with Crippen LogP contribution in [-0.2, 0) is 16.4 Å². The van der Waals surface area contributed by atoms with Gasteiger partial charge in [-0.25, -0.2) is 8.42 Å². The van der Waals surface area contributed by atoms with Crippen LogP contribution in [0.1, 0.15) is 12.5 Å². The van der Waals surface area contributed by atoms with Crippen LogP contribution in [0.4, 0.5) is 5.69 Å². The van der Waals surface area contributed by atoms with Gasteiger partial charge in [0.25, 0.3) is 5.69 Å². The van der Waals surface area contributed by atoms with E-state index in [1.165, 1.54) is 19.2 Å². The topological polar surface area (TPSA) is 98.5 Å². The molecule has 0 aliphatic rings. The maximum absolute atomic E-state index is 11.3. The molecule has 0 bridgehead atoms. The third kappa shape index (κ3) is 5.14. The monoisotopic (exact) mass is 302 g/mol. The number of nitro groups is 1. The molecule has 0 atom stereocenters. The van der Waals surface area contributed by atoms with Crippen molar-refractivity contribution in [2.24, 2.45) is 0 Å². The van der Waals surface area contributed by atoms with E-state index < -0.39 is 14.8 Å². The van der Waals surface area contributed by atoms with Crippen molar-refractivity contribution in [1.29, 1.82) is 0 Å². The van der Waals surface area contributed by atoms with Gasteiger partial charge in [-0.2, -0.15) is 0 Å². The van der Waals surface area contributed by atoms with Gasteiger partial charge in [-0.3, -0.25) is 10.1 Å². The Morgan fingerprint density at radius 1 is 1.35 bits per heavy atom. The molecule has 0 spiro atoms. The quantitative estimate of drug-likeness (QED) is 0.439. The van der Waals surface area contributed by atoms with Gasteiger partial charge < -0.3 is 10.1 Å². The fourth-order valence-electron chi connectivity index (χ4n) is 1.57. The third-order valence-corrected chi connectivity index (χ3v) is 4.46. The van der Waals surface area contributed by atoms with E-state index in [4.69, 9.17) is 4.74 Å². The minimum Gasteiger partial charge on any atom is -0.496 e. The number of benzene rings is 1. The van der Waals surface area contributed by atoms with E-state index in [9.17, 15) is 18.5 Å². The minimum atomic E-state index is -3.00. The zero-order chi connectivity index (χ0) is 15.2. The molecular formula is C12H18N2O5S. The Bertz CT molecular complexity index is 571. The number of nitro benzene ring substituents is 1. The number of methoxy groups -OCH3 is 1. The van der Waals surface area contributed by atoms with Gasteiger partial charge in [0.2, 0.25) is 0 Å². The first-order valence-electron chi connectivity index (χ1n) is 6.11.